The van der Waals surface area contributed by atoms with Crippen LogP contribution in [0.1, 0.15) is 30.9 Å². The number of aliphatic hydroxyl groups is 1. The van der Waals surface area contributed by atoms with Gasteiger partial charge in [-0.25, -0.2) is 9.97 Å². The maximum absolute atomic E-state index is 9.84. The number of hydrogen-bond donors (Lipinski definition) is 2. The Morgan fingerprint density at radius 3 is 3.08 bits per heavy atom. The third-order valence-electron chi connectivity index (χ3n) is 4.19. The second-order valence-corrected chi connectivity index (χ2v) is 6.23. The van der Waals surface area contributed by atoms with Gasteiger partial charge >= 0.3 is 0 Å². The van der Waals surface area contributed by atoms with Gasteiger partial charge in [-0.3, -0.25) is 0 Å². The lowest BCUT2D eigenvalue weighted by atomic mass is 10.1. The van der Waals surface area contributed by atoms with E-state index in [2.05, 4.69) is 25.2 Å². The molecule has 1 aliphatic heterocycles. The summed E-state index contributed by atoms with van der Waals surface area (Å²) in [7, 11) is 0. The molecular formula is C18H25N5O2. The van der Waals surface area contributed by atoms with E-state index in [4.69, 9.17) is 4.74 Å². The van der Waals surface area contributed by atoms with Gasteiger partial charge in [-0.1, -0.05) is 0 Å². The molecular weight excluding hydrogens is 318 g/mol. The molecule has 0 aromatic carbocycles. The SMILES string of the molecule is CCOc1nc(NCc2ccnc(N3CCCC(O)C3)c2)ncc1C. The lowest BCUT2D eigenvalue weighted by Crippen LogP contribution is -2.38. The minimum absolute atomic E-state index is 0.268. The number of aromatic nitrogens is 3. The predicted octanol–water partition coefficient (Wildman–Crippen LogP) is 2.15. The van der Waals surface area contributed by atoms with Gasteiger partial charge in [0.1, 0.15) is 5.82 Å². The van der Waals surface area contributed by atoms with Crippen LogP contribution in [0.25, 0.3) is 0 Å². The number of aliphatic hydroxyl groups excluding tert-OH is 1. The van der Waals surface area contributed by atoms with Crippen LogP contribution in [-0.4, -0.2) is 45.9 Å². The highest BCUT2D eigenvalue weighted by Gasteiger charge is 2.18. The van der Waals surface area contributed by atoms with Gasteiger partial charge in [-0.2, -0.15) is 4.98 Å². The molecule has 7 heteroatoms. The molecule has 1 fully saturated rings. The van der Waals surface area contributed by atoms with Crippen LogP contribution in [0.4, 0.5) is 11.8 Å². The van der Waals surface area contributed by atoms with Crippen LogP contribution in [0.15, 0.2) is 24.5 Å². The van der Waals surface area contributed by atoms with Crippen LogP contribution < -0.4 is 15.0 Å². The molecule has 1 aliphatic rings. The standard InChI is InChI=1S/C18H25N5O2/c1-3-25-17-13(2)10-20-18(22-17)21-11-14-6-7-19-16(9-14)23-8-4-5-15(24)12-23/h6-7,9-10,15,24H,3-5,8,11-12H2,1-2H3,(H,20,21,22). The van der Waals surface area contributed by atoms with Crippen molar-refractivity contribution < 1.29 is 9.84 Å². The van der Waals surface area contributed by atoms with Crippen LogP contribution in [0.5, 0.6) is 5.88 Å². The molecule has 0 saturated carbocycles. The highest BCUT2D eigenvalue weighted by atomic mass is 16.5. The minimum Gasteiger partial charge on any atom is -0.478 e. The van der Waals surface area contributed by atoms with Gasteiger partial charge in [0.05, 0.1) is 12.7 Å². The molecule has 0 spiro atoms. The molecule has 0 radical (unpaired) electrons. The molecule has 2 aromatic rings. The Kier molecular flexibility index (Phi) is 5.65. The van der Waals surface area contributed by atoms with Gasteiger partial charge in [-0.05, 0) is 44.4 Å². The highest BCUT2D eigenvalue weighted by molar-refractivity contribution is 5.43. The number of β-amino-alcohol motifs (C(OH)–C–C–N with tert-alkyl or cyclic N) is 1. The van der Waals surface area contributed by atoms with Crippen molar-refractivity contribution in [3.05, 3.63) is 35.7 Å². The number of nitrogens with zero attached hydrogens (tertiary/aromatic N) is 4. The van der Waals surface area contributed by atoms with Crippen LogP contribution in [0.2, 0.25) is 0 Å². The zero-order valence-electron chi connectivity index (χ0n) is 14.8. The first-order valence-corrected chi connectivity index (χ1v) is 8.74. The molecule has 1 unspecified atom stereocenters. The lowest BCUT2D eigenvalue weighted by molar-refractivity contribution is 0.154. The Labute approximate surface area is 148 Å². The summed E-state index contributed by atoms with van der Waals surface area (Å²) in [5.74, 6) is 2.05. The fourth-order valence-corrected chi connectivity index (χ4v) is 2.88. The number of pyridine rings is 1. The Morgan fingerprint density at radius 1 is 1.40 bits per heavy atom. The summed E-state index contributed by atoms with van der Waals surface area (Å²) in [6, 6.07) is 4.01. The molecule has 7 nitrogen and oxygen atoms in total. The normalized spacial score (nSPS) is 17.4. The van der Waals surface area contributed by atoms with Crippen molar-refractivity contribution in [3.8, 4) is 5.88 Å². The van der Waals surface area contributed by atoms with Crippen LogP contribution >= 0.6 is 0 Å². The van der Waals surface area contributed by atoms with Crippen molar-refractivity contribution in [3.63, 3.8) is 0 Å². The summed E-state index contributed by atoms with van der Waals surface area (Å²) >= 11 is 0. The molecule has 2 aromatic heterocycles. The average Bonchev–Trinajstić information content (AvgIpc) is 2.63. The topological polar surface area (TPSA) is 83.4 Å². The van der Waals surface area contributed by atoms with E-state index in [0.717, 1.165) is 36.3 Å². The number of piperidine rings is 1. The second-order valence-electron chi connectivity index (χ2n) is 6.23. The second kappa shape index (κ2) is 8.11. The average molecular weight is 343 g/mol. The Bertz CT molecular complexity index is 710. The minimum atomic E-state index is -0.268. The Morgan fingerprint density at radius 2 is 2.28 bits per heavy atom. The van der Waals surface area contributed by atoms with Gasteiger partial charge in [0.25, 0.3) is 0 Å². The monoisotopic (exact) mass is 343 g/mol. The summed E-state index contributed by atoms with van der Waals surface area (Å²) in [4.78, 5) is 15.3. The summed E-state index contributed by atoms with van der Waals surface area (Å²) in [5, 5.41) is 13.1. The molecule has 0 amide bonds. The first kappa shape index (κ1) is 17.4. The van der Waals surface area contributed by atoms with Gasteiger partial charge in [0, 0.05) is 37.6 Å². The third kappa shape index (κ3) is 4.57. The molecule has 3 heterocycles. The van der Waals surface area contributed by atoms with Gasteiger partial charge in [-0.15, -0.1) is 0 Å². The first-order chi connectivity index (χ1) is 12.2. The maximum atomic E-state index is 9.84. The summed E-state index contributed by atoms with van der Waals surface area (Å²) in [5.41, 5.74) is 2.01. The molecule has 0 bridgehead atoms. The predicted molar refractivity (Wildman–Crippen MR) is 97.0 cm³/mol. The Hall–Kier alpha value is -2.41. The van der Waals surface area contributed by atoms with Crippen LogP contribution in [0.3, 0.4) is 0 Å². The van der Waals surface area contributed by atoms with E-state index in [1.54, 1.807) is 12.4 Å². The molecule has 2 N–H and O–H groups in total. The fourth-order valence-electron chi connectivity index (χ4n) is 2.88. The third-order valence-corrected chi connectivity index (χ3v) is 4.19. The van der Waals surface area contributed by atoms with E-state index in [1.165, 1.54) is 0 Å². The van der Waals surface area contributed by atoms with Crippen LogP contribution in [0, 0.1) is 6.92 Å². The Balaban J connectivity index is 1.65. The van der Waals surface area contributed by atoms with E-state index < -0.39 is 0 Å². The number of nitrogens with one attached hydrogen (secondary N) is 1. The summed E-state index contributed by atoms with van der Waals surface area (Å²) in [6.45, 7) is 6.61. The van der Waals surface area contributed by atoms with E-state index >= 15 is 0 Å². The molecule has 1 atom stereocenters. The highest BCUT2D eigenvalue weighted by Crippen LogP contribution is 2.20. The molecule has 25 heavy (non-hydrogen) atoms. The lowest BCUT2D eigenvalue weighted by Gasteiger charge is -2.31. The molecule has 0 aliphatic carbocycles. The van der Waals surface area contributed by atoms with E-state index in [1.807, 2.05) is 26.0 Å². The van der Waals surface area contributed by atoms with E-state index in [-0.39, 0.29) is 6.10 Å². The number of aryl methyl sites for hydroxylation is 1. The number of ether oxygens (including phenoxy) is 1. The summed E-state index contributed by atoms with van der Waals surface area (Å²) < 4.78 is 5.51. The van der Waals surface area contributed by atoms with Crippen molar-refractivity contribution in [2.24, 2.45) is 0 Å². The van der Waals surface area contributed by atoms with Gasteiger partial charge in [0.15, 0.2) is 0 Å². The zero-order chi connectivity index (χ0) is 17.6. The van der Waals surface area contributed by atoms with E-state index in [9.17, 15) is 5.11 Å². The van der Waals surface area contributed by atoms with Crippen molar-refractivity contribution >= 4 is 11.8 Å². The number of rotatable bonds is 6. The maximum Gasteiger partial charge on any atom is 0.226 e. The van der Waals surface area contributed by atoms with Crippen molar-refractivity contribution in [2.45, 2.75) is 39.3 Å². The van der Waals surface area contributed by atoms with Crippen LogP contribution in [-0.2, 0) is 6.54 Å². The molecule has 3 rings (SSSR count). The van der Waals surface area contributed by atoms with E-state index in [0.29, 0.717) is 31.5 Å². The zero-order valence-corrected chi connectivity index (χ0v) is 14.8. The first-order valence-electron chi connectivity index (χ1n) is 8.74. The smallest absolute Gasteiger partial charge is 0.226 e. The fraction of sp³-hybridized carbons (Fsp3) is 0.500. The molecule has 134 valence electrons. The molecule has 1 saturated heterocycles. The van der Waals surface area contributed by atoms with Gasteiger partial charge in [0.2, 0.25) is 11.8 Å². The largest absolute Gasteiger partial charge is 0.478 e. The van der Waals surface area contributed by atoms with Crippen molar-refractivity contribution in [2.75, 3.05) is 29.9 Å². The quantitative estimate of drug-likeness (QED) is 0.831. The summed E-state index contributed by atoms with van der Waals surface area (Å²) in [6.07, 6.45) is 5.14. The number of hydrogen-bond acceptors (Lipinski definition) is 7. The van der Waals surface area contributed by atoms with Crippen molar-refractivity contribution in [1.82, 2.24) is 15.0 Å². The van der Waals surface area contributed by atoms with Gasteiger partial charge < -0.3 is 20.1 Å². The van der Waals surface area contributed by atoms with Crippen molar-refractivity contribution in [1.29, 1.82) is 0 Å². The number of anilines is 2.